The van der Waals surface area contributed by atoms with Gasteiger partial charge in [0.2, 0.25) is 5.91 Å². The number of aliphatic hydroxyl groups excluding tert-OH is 1. The Morgan fingerprint density at radius 1 is 1.30 bits per heavy atom. The minimum absolute atomic E-state index is 0.0993. The maximum absolute atomic E-state index is 13.0. The van der Waals surface area contributed by atoms with E-state index in [1.165, 1.54) is 4.90 Å². The smallest absolute Gasteiger partial charge is 0.411 e. The highest BCUT2D eigenvalue weighted by atomic mass is 32.1. The number of aryl methyl sites for hydroxylation is 1. The highest BCUT2D eigenvalue weighted by Crippen LogP contribution is 2.28. The molecule has 0 radical (unpaired) electrons. The normalized spacial score (nSPS) is 19.1. The van der Waals surface area contributed by atoms with Crippen molar-refractivity contribution < 1.29 is 19.4 Å². The second-order valence-electron chi connectivity index (χ2n) is 8.70. The third kappa shape index (κ3) is 5.17. The fourth-order valence-corrected chi connectivity index (χ4v) is 4.33. The number of likely N-dealkylation sites (N-methyl/N-ethyl adjacent to an activating group) is 1. The van der Waals surface area contributed by atoms with E-state index in [4.69, 9.17) is 4.74 Å². The van der Waals surface area contributed by atoms with E-state index < -0.39 is 23.8 Å². The van der Waals surface area contributed by atoms with E-state index in [1.807, 2.05) is 36.7 Å². The van der Waals surface area contributed by atoms with Gasteiger partial charge in [0, 0.05) is 20.0 Å². The highest BCUT2D eigenvalue weighted by molar-refractivity contribution is 7.13. The van der Waals surface area contributed by atoms with Crippen LogP contribution in [0, 0.1) is 6.92 Å². The molecule has 0 spiro atoms. The van der Waals surface area contributed by atoms with Crippen LogP contribution in [0.5, 0.6) is 0 Å². The number of hydrogen-bond donors (Lipinski definition) is 1. The number of carbonyl (C=O) groups is 2. The third-order valence-corrected chi connectivity index (χ3v) is 5.93. The average molecular weight is 432 g/mol. The monoisotopic (exact) mass is 431 g/mol. The fourth-order valence-electron chi connectivity index (χ4n) is 3.52. The van der Waals surface area contributed by atoms with Crippen molar-refractivity contribution in [1.29, 1.82) is 0 Å². The lowest BCUT2D eigenvalue weighted by Gasteiger charge is -2.30. The van der Waals surface area contributed by atoms with Crippen LogP contribution in [0.1, 0.15) is 38.4 Å². The van der Waals surface area contributed by atoms with Crippen molar-refractivity contribution in [2.24, 2.45) is 0 Å². The number of hydrogen-bond acceptors (Lipinski definition) is 6. The third-order valence-electron chi connectivity index (χ3n) is 4.95. The van der Waals surface area contributed by atoms with E-state index in [0.717, 1.165) is 21.7 Å². The molecule has 162 valence electrons. The number of carbonyl (C=O) groups excluding carboxylic acids is 2. The van der Waals surface area contributed by atoms with Crippen LogP contribution in [0.15, 0.2) is 29.8 Å². The Hall–Kier alpha value is -2.45. The summed E-state index contributed by atoms with van der Waals surface area (Å²) in [6.45, 7) is 7.82. The van der Waals surface area contributed by atoms with Gasteiger partial charge in [-0.25, -0.2) is 9.78 Å². The van der Waals surface area contributed by atoms with E-state index >= 15 is 0 Å². The first-order valence-electron chi connectivity index (χ1n) is 9.97. The summed E-state index contributed by atoms with van der Waals surface area (Å²) < 4.78 is 5.41. The molecule has 1 saturated heterocycles. The van der Waals surface area contributed by atoms with Gasteiger partial charge in [0.15, 0.2) is 0 Å². The van der Waals surface area contributed by atoms with Crippen molar-refractivity contribution in [3.05, 3.63) is 41.0 Å². The molecule has 1 aliphatic heterocycles. The van der Waals surface area contributed by atoms with Crippen molar-refractivity contribution in [2.45, 2.75) is 58.4 Å². The number of ether oxygens (including phenoxy) is 1. The second kappa shape index (κ2) is 8.73. The molecule has 0 unspecified atom stereocenters. The van der Waals surface area contributed by atoms with E-state index in [9.17, 15) is 14.7 Å². The molecule has 0 bridgehead atoms. The Morgan fingerprint density at radius 3 is 2.53 bits per heavy atom. The molecule has 1 aromatic heterocycles. The molecule has 8 heteroatoms. The first-order chi connectivity index (χ1) is 14.0. The van der Waals surface area contributed by atoms with Crippen LogP contribution in [0.4, 0.5) is 4.79 Å². The number of nitrogens with zero attached hydrogens (tertiary/aromatic N) is 3. The van der Waals surface area contributed by atoms with Gasteiger partial charge in [-0.3, -0.25) is 9.69 Å². The minimum atomic E-state index is -0.734. The van der Waals surface area contributed by atoms with Crippen LogP contribution in [0.3, 0.4) is 0 Å². The quantitative estimate of drug-likeness (QED) is 0.802. The number of aromatic nitrogens is 1. The molecule has 7 nitrogen and oxygen atoms in total. The van der Waals surface area contributed by atoms with E-state index in [0.29, 0.717) is 6.54 Å². The van der Waals surface area contributed by atoms with Crippen molar-refractivity contribution >= 4 is 23.3 Å². The summed E-state index contributed by atoms with van der Waals surface area (Å²) in [5.41, 5.74) is 4.25. The Kier molecular flexibility index (Phi) is 6.47. The predicted molar refractivity (Wildman–Crippen MR) is 116 cm³/mol. The zero-order valence-corrected chi connectivity index (χ0v) is 18.9. The number of rotatable bonds is 4. The molecule has 2 heterocycles. The lowest BCUT2D eigenvalue weighted by Crippen LogP contribution is -2.47. The summed E-state index contributed by atoms with van der Waals surface area (Å²) in [6, 6.07) is 7.32. The van der Waals surface area contributed by atoms with Gasteiger partial charge in [0.1, 0.15) is 11.6 Å². The molecular formula is C22H29N3O4S. The molecule has 1 aliphatic rings. The topological polar surface area (TPSA) is 83.0 Å². The maximum Gasteiger partial charge on any atom is 0.411 e. The van der Waals surface area contributed by atoms with Crippen LogP contribution in [0.2, 0.25) is 0 Å². The number of benzene rings is 1. The molecular weight excluding hydrogens is 402 g/mol. The average Bonchev–Trinajstić information content (AvgIpc) is 3.26. The van der Waals surface area contributed by atoms with Crippen LogP contribution >= 0.6 is 11.3 Å². The number of β-amino-alcohol motifs (C(OH)–C–C–N with tert-alkyl or cyclic N) is 1. The molecule has 0 aliphatic carbocycles. The summed E-state index contributed by atoms with van der Waals surface area (Å²) in [7, 11) is 1.71. The molecule has 1 aromatic carbocycles. The molecule has 0 saturated carbocycles. The number of aliphatic hydroxyl groups is 1. The molecule has 2 aromatic rings. The number of likely N-dealkylation sites (tertiary alicyclic amines) is 1. The SMILES string of the molecule is Cc1ncsc1-c1ccc(CN(C)C(=O)[C@@H]2C[C@@H](O)CN2C(=O)OC(C)(C)C)cc1. The molecule has 3 rings (SSSR count). The van der Waals surface area contributed by atoms with Gasteiger partial charge in [-0.2, -0.15) is 0 Å². The highest BCUT2D eigenvalue weighted by Gasteiger charge is 2.41. The number of thiazole rings is 1. The summed E-state index contributed by atoms with van der Waals surface area (Å²) >= 11 is 1.60. The summed E-state index contributed by atoms with van der Waals surface area (Å²) in [5, 5.41) is 10.1. The van der Waals surface area contributed by atoms with E-state index in [1.54, 1.807) is 44.1 Å². The Balaban J connectivity index is 1.67. The van der Waals surface area contributed by atoms with Gasteiger partial charge in [0.25, 0.3) is 0 Å². The molecule has 1 N–H and O–H groups in total. The Labute approximate surface area is 181 Å². The van der Waals surface area contributed by atoms with E-state index in [-0.39, 0.29) is 18.9 Å². The Bertz CT molecular complexity index is 904. The standard InChI is InChI=1S/C22H29N3O4S/c1-14-19(30-13-23-14)16-8-6-15(7-9-16)11-24(5)20(27)18-10-17(26)12-25(18)21(28)29-22(2,3)4/h6-9,13,17-18,26H,10-12H2,1-5H3/t17-,18+/m1/s1. The molecule has 1 fully saturated rings. The van der Waals surface area contributed by atoms with Crippen LogP contribution in [-0.4, -0.2) is 63.2 Å². The molecule has 30 heavy (non-hydrogen) atoms. The lowest BCUT2D eigenvalue weighted by atomic mass is 10.1. The summed E-state index contributed by atoms with van der Waals surface area (Å²) in [4.78, 5) is 33.9. The van der Waals surface area contributed by atoms with Crippen LogP contribution < -0.4 is 0 Å². The van der Waals surface area contributed by atoms with Gasteiger partial charge in [0.05, 0.1) is 28.7 Å². The largest absolute Gasteiger partial charge is 0.444 e. The van der Waals surface area contributed by atoms with Gasteiger partial charge in [-0.1, -0.05) is 24.3 Å². The van der Waals surface area contributed by atoms with Gasteiger partial charge < -0.3 is 14.7 Å². The molecule has 2 atom stereocenters. The zero-order valence-electron chi connectivity index (χ0n) is 18.1. The van der Waals surface area contributed by atoms with Crippen molar-refractivity contribution in [1.82, 2.24) is 14.8 Å². The van der Waals surface area contributed by atoms with Crippen LogP contribution in [0.25, 0.3) is 10.4 Å². The maximum atomic E-state index is 13.0. The summed E-state index contributed by atoms with van der Waals surface area (Å²) in [6.07, 6.45) is -1.09. The summed E-state index contributed by atoms with van der Waals surface area (Å²) in [5.74, 6) is -0.209. The van der Waals surface area contributed by atoms with Gasteiger partial charge >= 0.3 is 6.09 Å². The first kappa shape index (κ1) is 22.2. The minimum Gasteiger partial charge on any atom is -0.444 e. The fraction of sp³-hybridized carbons (Fsp3) is 0.500. The second-order valence-corrected chi connectivity index (χ2v) is 9.55. The molecule has 2 amide bonds. The predicted octanol–water partition coefficient (Wildman–Crippen LogP) is 3.45. The van der Waals surface area contributed by atoms with Gasteiger partial charge in [-0.15, -0.1) is 11.3 Å². The lowest BCUT2D eigenvalue weighted by molar-refractivity contribution is -0.135. The zero-order chi connectivity index (χ0) is 22.1. The van der Waals surface area contributed by atoms with Gasteiger partial charge in [-0.05, 0) is 38.8 Å². The van der Waals surface area contributed by atoms with Crippen molar-refractivity contribution in [3.63, 3.8) is 0 Å². The van der Waals surface area contributed by atoms with Crippen molar-refractivity contribution in [3.8, 4) is 10.4 Å². The first-order valence-corrected chi connectivity index (χ1v) is 10.8. The van der Waals surface area contributed by atoms with Crippen LogP contribution in [-0.2, 0) is 16.1 Å². The number of amides is 2. The van der Waals surface area contributed by atoms with E-state index in [2.05, 4.69) is 4.98 Å². The Morgan fingerprint density at radius 2 is 1.97 bits per heavy atom. The van der Waals surface area contributed by atoms with Crippen molar-refractivity contribution in [2.75, 3.05) is 13.6 Å².